The van der Waals surface area contributed by atoms with Crippen molar-refractivity contribution in [2.75, 3.05) is 49.6 Å². The molecule has 3 fully saturated rings. The van der Waals surface area contributed by atoms with Gasteiger partial charge in [-0.05, 0) is 44.9 Å². The van der Waals surface area contributed by atoms with Crippen LogP contribution in [-0.4, -0.2) is 86.3 Å². The van der Waals surface area contributed by atoms with E-state index < -0.39 is 17.3 Å². The van der Waals surface area contributed by atoms with Gasteiger partial charge in [0.15, 0.2) is 5.65 Å². The van der Waals surface area contributed by atoms with Crippen LogP contribution in [0.4, 0.5) is 24.9 Å². The standard InChI is InChI=1S/C25H30F3N7O2/c1-23(34-6-8-37-9-7-34)14-33(15-23)20-19-13-29-35(18-5-3-4-16(10-18)25(26,27)28)21(19)32-22(31-20)30-17-11-24(2,36)12-17/h3-5,10,13,17,36H,6-9,11-12,14-15H2,1-2H3,(H,30,31,32)/t17-,24+. The molecule has 2 aliphatic heterocycles. The second kappa shape index (κ2) is 8.53. The smallest absolute Gasteiger partial charge is 0.390 e. The first-order chi connectivity index (χ1) is 17.5. The fourth-order valence-corrected chi connectivity index (χ4v) is 5.72. The normalized spacial score (nSPS) is 26.1. The molecule has 0 bridgehead atoms. The van der Waals surface area contributed by atoms with Crippen LogP contribution in [0, 0.1) is 0 Å². The minimum absolute atomic E-state index is 0.0141. The molecule has 9 nitrogen and oxygen atoms in total. The predicted octanol–water partition coefficient (Wildman–Crippen LogP) is 3.07. The Morgan fingerprint density at radius 2 is 1.84 bits per heavy atom. The molecule has 1 aromatic carbocycles. The van der Waals surface area contributed by atoms with E-state index in [0.717, 1.165) is 51.5 Å². The lowest BCUT2D eigenvalue weighted by Gasteiger charge is -2.55. The lowest BCUT2D eigenvalue weighted by atomic mass is 9.77. The van der Waals surface area contributed by atoms with E-state index in [1.165, 1.54) is 10.7 Å². The van der Waals surface area contributed by atoms with Crippen LogP contribution >= 0.6 is 0 Å². The number of aromatic nitrogens is 4. The highest BCUT2D eigenvalue weighted by Gasteiger charge is 2.45. The van der Waals surface area contributed by atoms with Crippen molar-refractivity contribution in [3.8, 4) is 5.69 Å². The summed E-state index contributed by atoms with van der Waals surface area (Å²) in [6.45, 7) is 8.73. The molecule has 2 saturated heterocycles. The van der Waals surface area contributed by atoms with Crippen LogP contribution < -0.4 is 10.2 Å². The average molecular weight is 518 g/mol. The topological polar surface area (TPSA) is 91.6 Å². The summed E-state index contributed by atoms with van der Waals surface area (Å²) in [7, 11) is 0. The van der Waals surface area contributed by atoms with Crippen LogP contribution in [0.3, 0.4) is 0 Å². The van der Waals surface area contributed by atoms with Gasteiger partial charge in [0.25, 0.3) is 0 Å². The molecule has 1 aliphatic carbocycles. The fraction of sp³-hybridized carbons (Fsp3) is 0.560. The molecule has 37 heavy (non-hydrogen) atoms. The van der Waals surface area contributed by atoms with Crippen molar-refractivity contribution in [3.63, 3.8) is 0 Å². The molecule has 0 radical (unpaired) electrons. The second-order valence-electron chi connectivity index (χ2n) is 10.9. The number of alkyl halides is 3. The zero-order chi connectivity index (χ0) is 26.0. The van der Waals surface area contributed by atoms with E-state index in [1.54, 1.807) is 19.2 Å². The highest BCUT2D eigenvalue weighted by molar-refractivity contribution is 5.89. The number of hydrogen-bond donors (Lipinski definition) is 2. The lowest BCUT2D eigenvalue weighted by Crippen LogP contribution is -2.70. The summed E-state index contributed by atoms with van der Waals surface area (Å²) >= 11 is 0. The van der Waals surface area contributed by atoms with Gasteiger partial charge < -0.3 is 20.1 Å². The first-order valence-corrected chi connectivity index (χ1v) is 12.5. The molecular formula is C25H30F3N7O2. The molecule has 2 N–H and O–H groups in total. The Hall–Kier alpha value is -2.96. The summed E-state index contributed by atoms with van der Waals surface area (Å²) in [6, 6.07) is 5.08. The molecular weight excluding hydrogens is 487 g/mol. The summed E-state index contributed by atoms with van der Waals surface area (Å²) < 4.78 is 47.1. The molecule has 198 valence electrons. The maximum atomic E-state index is 13.4. The number of nitrogens with one attached hydrogen (secondary N) is 1. The van der Waals surface area contributed by atoms with Gasteiger partial charge in [0.1, 0.15) is 5.82 Å². The SMILES string of the molecule is CC1(N2CCOCC2)CN(c2nc(N[C@H]3C[C@@](C)(O)C3)nc3c2cnn3-c2cccc(C(F)(F)F)c2)C1. The van der Waals surface area contributed by atoms with Gasteiger partial charge in [-0.25, -0.2) is 4.68 Å². The number of ether oxygens (including phenoxy) is 1. The number of rotatable bonds is 5. The second-order valence-corrected chi connectivity index (χ2v) is 10.9. The van der Waals surface area contributed by atoms with Crippen LogP contribution in [0.2, 0.25) is 0 Å². The minimum atomic E-state index is -4.46. The number of hydrogen-bond acceptors (Lipinski definition) is 8. The van der Waals surface area contributed by atoms with Gasteiger partial charge in [0, 0.05) is 32.2 Å². The molecule has 1 saturated carbocycles. The molecule has 0 spiro atoms. The van der Waals surface area contributed by atoms with Crippen molar-refractivity contribution in [1.82, 2.24) is 24.6 Å². The van der Waals surface area contributed by atoms with Crippen molar-refractivity contribution in [2.24, 2.45) is 0 Å². The molecule has 12 heteroatoms. The Morgan fingerprint density at radius 3 is 2.51 bits per heavy atom. The minimum Gasteiger partial charge on any atom is -0.390 e. The number of nitrogens with zero attached hydrogens (tertiary/aromatic N) is 6. The third-order valence-electron chi connectivity index (χ3n) is 7.67. The molecule has 4 heterocycles. The quantitative estimate of drug-likeness (QED) is 0.534. The Bertz CT molecular complexity index is 1310. The Balaban J connectivity index is 1.36. The van der Waals surface area contributed by atoms with Crippen LogP contribution in [-0.2, 0) is 10.9 Å². The zero-order valence-electron chi connectivity index (χ0n) is 20.8. The third-order valence-corrected chi connectivity index (χ3v) is 7.67. The number of morpholine rings is 1. The van der Waals surface area contributed by atoms with E-state index in [0.29, 0.717) is 35.6 Å². The van der Waals surface area contributed by atoms with Crippen molar-refractivity contribution >= 4 is 22.8 Å². The maximum absolute atomic E-state index is 13.4. The van der Waals surface area contributed by atoms with E-state index >= 15 is 0 Å². The molecule has 0 atom stereocenters. The Labute approximate surface area is 212 Å². The highest BCUT2D eigenvalue weighted by atomic mass is 19.4. The molecule has 2 aromatic heterocycles. The van der Waals surface area contributed by atoms with Gasteiger partial charge in [-0.15, -0.1) is 0 Å². The van der Waals surface area contributed by atoms with E-state index in [2.05, 4.69) is 32.1 Å². The van der Waals surface area contributed by atoms with Crippen LogP contribution in [0.1, 0.15) is 32.3 Å². The van der Waals surface area contributed by atoms with Gasteiger partial charge in [0.2, 0.25) is 5.95 Å². The first-order valence-electron chi connectivity index (χ1n) is 12.5. The van der Waals surface area contributed by atoms with Crippen LogP contribution in [0.15, 0.2) is 30.5 Å². The van der Waals surface area contributed by atoms with E-state index in [1.807, 2.05) is 0 Å². The lowest BCUT2D eigenvalue weighted by molar-refractivity contribution is -0.137. The summed E-state index contributed by atoms with van der Waals surface area (Å²) in [5.74, 6) is 1.07. The van der Waals surface area contributed by atoms with Gasteiger partial charge >= 0.3 is 6.18 Å². The van der Waals surface area contributed by atoms with E-state index in [4.69, 9.17) is 9.72 Å². The largest absolute Gasteiger partial charge is 0.416 e. The number of aliphatic hydroxyl groups is 1. The van der Waals surface area contributed by atoms with E-state index in [-0.39, 0.29) is 17.3 Å². The van der Waals surface area contributed by atoms with E-state index in [9.17, 15) is 18.3 Å². The highest BCUT2D eigenvalue weighted by Crippen LogP contribution is 2.38. The predicted molar refractivity (Wildman–Crippen MR) is 132 cm³/mol. The molecule has 6 rings (SSSR count). The monoisotopic (exact) mass is 517 g/mol. The number of fused-ring (bicyclic) bond motifs is 1. The summed E-state index contributed by atoms with van der Waals surface area (Å²) in [5.41, 5.74) is -0.783. The van der Waals surface area contributed by atoms with Crippen molar-refractivity contribution in [1.29, 1.82) is 0 Å². The van der Waals surface area contributed by atoms with Gasteiger partial charge in [-0.1, -0.05) is 6.07 Å². The maximum Gasteiger partial charge on any atom is 0.416 e. The van der Waals surface area contributed by atoms with Crippen LogP contribution in [0.5, 0.6) is 0 Å². The van der Waals surface area contributed by atoms with Gasteiger partial charge in [-0.2, -0.15) is 28.2 Å². The third kappa shape index (κ3) is 4.51. The Morgan fingerprint density at radius 1 is 1.11 bits per heavy atom. The van der Waals surface area contributed by atoms with Gasteiger partial charge in [-0.3, -0.25) is 4.90 Å². The molecule has 0 amide bonds. The number of anilines is 2. The zero-order valence-corrected chi connectivity index (χ0v) is 20.8. The van der Waals surface area contributed by atoms with Crippen LogP contribution in [0.25, 0.3) is 16.7 Å². The summed E-state index contributed by atoms with van der Waals surface area (Å²) in [6.07, 6.45) is -1.72. The number of halogens is 3. The summed E-state index contributed by atoms with van der Waals surface area (Å²) in [5, 5.41) is 18.5. The first kappa shape index (κ1) is 24.4. The summed E-state index contributed by atoms with van der Waals surface area (Å²) in [4.78, 5) is 14.1. The fourth-order valence-electron chi connectivity index (χ4n) is 5.72. The van der Waals surface area contributed by atoms with Gasteiger partial charge in [0.05, 0.1) is 47.2 Å². The molecule has 0 unspecified atom stereocenters. The average Bonchev–Trinajstić information content (AvgIpc) is 3.24. The van der Waals surface area contributed by atoms with Crippen molar-refractivity contribution < 1.29 is 23.0 Å². The Kier molecular flexibility index (Phi) is 5.62. The van der Waals surface area contributed by atoms with Crippen molar-refractivity contribution in [2.45, 2.75) is 50.0 Å². The molecule has 3 aromatic rings. The number of benzene rings is 1. The van der Waals surface area contributed by atoms with Crippen molar-refractivity contribution in [3.05, 3.63) is 36.0 Å². The molecule has 3 aliphatic rings.